The molecule has 1 fully saturated rings. The highest BCUT2D eigenvalue weighted by Gasteiger charge is 2.26. The molecule has 1 amide bonds. The zero-order valence-electron chi connectivity index (χ0n) is 13.8. The van der Waals surface area contributed by atoms with Crippen LogP contribution in [0.2, 0.25) is 0 Å². The van der Waals surface area contributed by atoms with Gasteiger partial charge in [0.25, 0.3) is 5.91 Å². The highest BCUT2D eigenvalue weighted by molar-refractivity contribution is 5.97. The number of benzene rings is 1. The Morgan fingerprint density at radius 1 is 0.960 bits per heavy atom. The van der Waals surface area contributed by atoms with Gasteiger partial charge in [-0.1, -0.05) is 18.2 Å². The summed E-state index contributed by atoms with van der Waals surface area (Å²) in [5.41, 5.74) is 1.50. The van der Waals surface area contributed by atoms with Crippen LogP contribution in [-0.2, 0) is 0 Å². The van der Waals surface area contributed by atoms with Gasteiger partial charge >= 0.3 is 0 Å². The number of furan rings is 1. The second kappa shape index (κ2) is 6.84. The lowest BCUT2D eigenvalue weighted by Gasteiger charge is -2.23. The first-order valence-electron chi connectivity index (χ1n) is 8.39. The third-order valence-corrected chi connectivity index (χ3v) is 4.42. The Hall–Kier alpha value is -3.02. The van der Waals surface area contributed by atoms with Gasteiger partial charge in [-0.15, -0.1) is 0 Å². The third-order valence-electron chi connectivity index (χ3n) is 4.42. The lowest BCUT2D eigenvalue weighted by Crippen LogP contribution is -2.35. The molecule has 2 aromatic heterocycles. The van der Waals surface area contributed by atoms with Gasteiger partial charge in [0.15, 0.2) is 17.8 Å². The first-order valence-corrected chi connectivity index (χ1v) is 8.39. The van der Waals surface area contributed by atoms with E-state index in [1.807, 2.05) is 23.1 Å². The minimum atomic E-state index is -0.116. The monoisotopic (exact) mass is 337 g/mol. The van der Waals surface area contributed by atoms with Crippen LogP contribution >= 0.6 is 0 Å². The van der Waals surface area contributed by atoms with Crippen molar-refractivity contribution < 1.29 is 13.6 Å². The Kier molecular flexibility index (Phi) is 4.24. The van der Waals surface area contributed by atoms with Gasteiger partial charge in [0.1, 0.15) is 0 Å². The molecule has 1 saturated heterocycles. The molecule has 1 aliphatic heterocycles. The molecule has 0 saturated carbocycles. The van der Waals surface area contributed by atoms with Crippen molar-refractivity contribution in [2.24, 2.45) is 0 Å². The normalized spacial score (nSPS) is 15.2. The maximum atomic E-state index is 12.9. The number of para-hydroxylation sites is 1. The molecule has 0 N–H and O–H groups in total. The van der Waals surface area contributed by atoms with Gasteiger partial charge in [-0.25, -0.2) is 4.98 Å². The quantitative estimate of drug-likeness (QED) is 0.734. The predicted molar refractivity (Wildman–Crippen MR) is 93.4 cm³/mol. The van der Waals surface area contributed by atoms with Crippen LogP contribution in [0.5, 0.6) is 0 Å². The standard InChI is InChI=1S/C19H19N3O3/c23-19(17-18(25-14-20-17)16-8-4-13-24-16)22-10-5-9-21(11-12-22)15-6-2-1-3-7-15/h1-4,6-8,13-14H,5,9-12H2. The topological polar surface area (TPSA) is 62.7 Å². The van der Waals surface area contributed by atoms with Crippen LogP contribution < -0.4 is 4.90 Å². The molecule has 0 aliphatic carbocycles. The van der Waals surface area contributed by atoms with E-state index in [4.69, 9.17) is 8.83 Å². The minimum absolute atomic E-state index is 0.116. The van der Waals surface area contributed by atoms with Gasteiger partial charge in [-0.2, -0.15) is 0 Å². The van der Waals surface area contributed by atoms with E-state index in [2.05, 4.69) is 22.0 Å². The third kappa shape index (κ3) is 3.15. The molecule has 128 valence electrons. The zero-order valence-corrected chi connectivity index (χ0v) is 13.8. The van der Waals surface area contributed by atoms with E-state index < -0.39 is 0 Å². The van der Waals surface area contributed by atoms with Crippen molar-refractivity contribution in [3.63, 3.8) is 0 Å². The number of anilines is 1. The molecule has 3 aromatic rings. The Balaban J connectivity index is 1.50. The molecule has 0 spiro atoms. The maximum Gasteiger partial charge on any atom is 0.276 e. The number of carbonyl (C=O) groups is 1. The molecular formula is C19H19N3O3. The second-order valence-corrected chi connectivity index (χ2v) is 5.98. The summed E-state index contributed by atoms with van der Waals surface area (Å²) >= 11 is 0. The number of oxazole rings is 1. The van der Waals surface area contributed by atoms with Crippen LogP contribution in [0.25, 0.3) is 11.5 Å². The summed E-state index contributed by atoms with van der Waals surface area (Å²) in [5.74, 6) is 0.788. The number of rotatable bonds is 3. The average molecular weight is 337 g/mol. The lowest BCUT2D eigenvalue weighted by atomic mass is 10.2. The van der Waals surface area contributed by atoms with Crippen molar-refractivity contribution in [3.05, 3.63) is 60.8 Å². The summed E-state index contributed by atoms with van der Waals surface area (Å²) in [6.07, 6.45) is 3.75. The molecule has 3 heterocycles. The van der Waals surface area contributed by atoms with E-state index in [9.17, 15) is 4.79 Å². The van der Waals surface area contributed by atoms with Crippen LogP contribution in [-0.4, -0.2) is 42.0 Å². The number of aromatic nitrogens is 1. The number of hydrogen-bond donors (Lipinski definition) is 0. The van der Waals surface area contributed by atoms with Gasteiger partial charge in [0, 0.05) is 31.9 Å². The van der Waals surface area contributed by atoms with Crippen molar-refractivity contribution in [1.29, 1.82) is 0 Å². The van der Waals surface area contributed by atoms with Crippen LogP contribution in [0.1, 0.15) is 16.9 Å². The van der Waals surface area contributed by atoms with Crippen LogP contribution in [0.15, 0.2) is 64.0 Å². The molecule has 25 heavy (non-hydrogen) atoms. The molecule has 1 aromatic carbocycles. The Morgan fingerprint density at radius 3 is 2.64 bits per heavy atom. The fourth-order valence-electron chi connectivity index (χ4n) is 3.15. The van der Waals surface area contributed by atoms with E-state index in [0.29, 0.717) is 30.3 Å². The van der Waals surface area contributed by atoms with Crippen molar-refractivity contribution >= 4 is 11.6 Å². The van der Waals surface area contributed by atoms with Crippen molar-refractivity contribution in [2.45, 2.75) is 6.42 Å². The molecule has 0 unspecified atom stereocenters. The average Bonchev–Trinajstić information content (AvgIpc) is 3.28. The maximum absolute atomic E-state index is 12.9. The highest BCUT2D eigenvalue weighted by atomic mass is 16.4. The molecule has 6 nitrogen and oxygen atoms in total. The van der Waals surface area contributed by atoms with Gasteiger partial charge in [0.2, 0.25) is 5.76 Å². The largest absolute Gasteiger partial charge is 0.461 e. The fraction of sp³-hybridized carbons (Fsp3) is 0.263. The predicted octanol–water partition coefficient (Wildman–Crippen LogP) is 3.29. The summed E-state index contributed by atoms with van der Waals surface area (Å²) in [7, 11) is 0. The van der Waals surface area contributed by atoms with Crippen LogP contribution in [0.4, 0.5) is 5.69 Å². The zero-order chi connectivity index (χ0) is 17.1. The van der Waals surface area contributed by atoms with Gasteiger partial charge in [-0.05, 0) is 30.7 Å². The highest BCUT2D eigenvalue weighted by Crippen LogP contribution is 2.25. The van der Waals surface area contributed by atoms with E-state index in [0.717, 1.165) is 19.5 Å². The van der Waals surface area contributed by atoms with Crippen molar-refractivity contribution in [3.8, 4) is 11.5 Å². The molecule has 6 heteroatoms. The fourth-order valence-corrected chi connectivity index (χ4v) is 3.15. The summed E-state index contributed by atoms with van der Waals surface area (Å²) in [6, 6.07) is 13.8. The Morgan fingerprint density at radius 2 is 1.84 bits per heavy atom. The van der Waals surface area contributed by atoms with Crippen LogP contribution in [0.3, 0.4) is 0 Å². The summed E-state index contributed by atoms with van der Waals surface area (Å²) in [4.78, 5) is 21.2. The summed E-state index contributed by atoms with van der Waals surface area (Å²) in [6.45, 7) is 3.08. The Labute approximate surface area is 145 Å². The van der Waals surface area contributed by atoms with E-state index in [1.165, 1.54) is 12.1 Å². The van der Waals surface area contributed by atoms with Gasteiger partial charge in [-0.3, -0.25) is 4.79 Å². The second-order valence-electron chi connectivity index (χ2n) is 5.98. The number of carbonyl (C=O) groups excluding carboxylic acids is 1. The summed E-state index contributed by atoms with van der Waals surface area (Å²) < 4.78 is 10.7. The molecule has 0 bridgehead atoms. The molecule has 0 radical (unpaired) electrons. The molecule has 4 rings (SSSR count). The smallest absolute Gasteiger partial charge is 0.276 e. The number of hydrogen-bond acceptors (Lipinski definition) is 5. The molecular weight excluding hydrogens is 318 g/mol. The molecule has 1 aliphatic rings. The van der Waals surface area contributed by atoms with Crippen molar-refractivity contribution in [2.75, 3.05) is 31.1 Å². The van der Waals surface area contributed by atoms with Crippen molar-refractivity contribution in [1.82, 2.24) is 9.88 Å². The SMILES string of the molecule is O=C(c1ncoc1-c1ccco1)N1CCCN(c2ccccc2)CC1. The number of amides is 1. The van der Waals surface area contributed by atoms with Crippen LogP contribution in [0, 0.1) is 0 Å². The van der Waals surface area contributed by atoms with E-state index >= 15 is 0 Å². The van der Waals surface area contributed by atoms with E-state index in [-0.39, 0.29) is 5.91 Å². The number of nitrogens with zero attached hydrogens (tertiary/aromatic N) is 3. The first kappa shape index (κ1) is 15.5. The lowest BCUT2D eigenvalue weighted by molar-refractivity contribution is 0.0762. The molecule has 0 atom stereocenters. The van der Waals surface area contributed by atoms with Gasteiger partial charge in [0.05, 0.1) is 6.26 Å². The first-order chi connectivity index (χ1) is 12.3. The minimum Gasteiger partial charge on any atom is -0.461 e. The van der Waals surface area contributed by atoms with Gasteiger partial charge < -0.3 is 18.6 Å². The van der Waals surface area contributed by atoms with E-state index in [1.54, 1.807) is 18.4 Å². The summed E-state index contributed by atoms with van der Waals surface area (Å²) in [5, 5.41) is 0. The Bertz CT molecular complexity index is 827.